The Bertz CT molecular complexity index is 1010. The smallest absolute Gasteiger partial charge is 0.258 e. The highest BCUT2D eigenvalue weighted by atomic mass is 32.2. The molecular formula is C21H22N2O4S. The zero-order valence-electron chi connectivity index (χ0n) is 15.7. The van der Waals surface area contributed by atoms with E-state index < -0.39 is 10.0 Å². The second-order valence-corrected chi connectivity index (χ2v) is 8.23. The van der Waals surface area contributed by atoms with Gasteiger partial charge in [-0.2, -0.15) is 4.31 Å². The molecule has 7 heteroatoms. The van der Waals surface area contributed by atoms with Gasteiger partial charge in [0.25, 0.3) is 5.91 Å². The molecule has 146 valence electrons. The van der Waals surface area contributed by atoms with Gasteiger partial charge in [-0.3, -0.25) is 4.79 Å². The van der Waals surface area contributed by atoms with E-state index in [1.807, 2.05) is 6.92 Å². The molecule has 3 rings (SSSR count). The van der Waals surface area contributed by atoms with E-state index in [0.29, 0.717) is 49.7 Å². The van der Waals surface area contributed by atoms with Gasteiger partial charge in [0, 0.05) is 36.4 Å². The quantitative estimate of drug-likeness (QED) is 0.725. The van der Waals surface area contributed by atoms with Crippen LogP contribution in [0.15, 0.2) is 53.4 Å². The summed E-state index contributed by atoms with van der Waals surface area (Å²) in [4.78, 5) is 14.8. The van der Waals surface area contributed by atoms with Crippen molar-refractivity contribution in [1.29, 1.82) is 0 Å². The lowest BCUT2D eigenvalue weighted by atomic mass is 10.1. The topological polar surface area (TPSA) is 66.9 Å². The maximum Gasteiger partial charge on any atom is 0.258 e. The fourth-order valence-corrected chi connectivity index (χ4v) is 4.54. The summed E-state index contributed by atoms with van der Waals surface area (Å²) in [5, 5.41) is 0. The van der Waals surface area contributed by atoms with Gasteiger partial charge in [-0.15, -0.1) is 6.42 Å². The van der Waals surface area contributed by atoms with Crippen molar-refractivity contribution in [1.82, 2.24) is 4.31 Å². The van der Waals surface area contributed by atoms with Crippen LogP contribution in [0, 0.1) is 12.3 Å². The van der Waals surface area contributed by atoms with Crippen LogP contribution in [-0.2, 0) is 14.8 Å². The average Bonchev–Trinajstić information content (AvgIpc) is 2.75. The first-order valence-electron chi connectivity index (χ1n) is 9.04. The van der Waals surface area contributed by atoms with Crippen molar-refractivity contribution in [2.45, 2.75) is 11.8 Å². The monoisotopic (exact) mass is 398 g/mol. The molecule has 1 saturated heterocycles. The van der Waals surface area contributed by atoms with E-state index in [-0.39, 0.29) is 10.8 Å². The lowest BCUT2D eigenvalue weighted by Crippen LogP contribution is -2.40. The molecule has 0 saturated carbocycles. The van der Waals surface area contributed by atoms with Crippen LogP contribution in [0.3, 0.4) is 0 Å². The third-order valence-corrected chi connectivity index (χ3v) is 6.47. The number of ether oxygens (including phenoxy) is 1. The fourth-order valence-electron chi connectivity index (χ4n) is 3.09. The number of morpholine rings is 1. The third-order valence-electron chi connectivity index (χ3n) is 4.57. The highest BCUT2D eigenvalue weighted by Crippen LogP contribution is 2.22. The maximum absolute atomic E-state index is 13.1. The Hall–Kier alpha value is -2.66. The Morgan fingerprint density at radius 3 is 2.57 bits per heavy atom. The first-order valence-corrected chi connectivity index (χ1v) is 10.5. The van der Waals surface area contributed by atoms with Crippen LogP contribution in [0.25, 0.3) is 0 Å². The fraction of sp³-hybridized carbons (Fsp3) is 0.286. The molecule has 0 radical (unpaired) electrons. The Kier molecular flexibility index (Phi) is 6.15. The summed E-state index contributed by atoms with van der Waals surface area (Å²) in [6, 6.07) is 13.3. The number of terminal acetylenes is 1. The summed E-state index contributed by atoms with van der Waals surface area (Å²) in [7, 11) is -3.67. The summed E-state index contributed by atoms with van der Waals surface area (Å²) < 4.78 is 32.4. The van der Waals surface area contributed by atoms with Crippen LogP contribution in [0.5, 0.6) is 0 Å². The van der Waals surface area contributed by atoms with E-state index in [9.17, 15) is 13.2 Å². The van der Waals surface area contributed by atoms with E-state index in [2.05, 4.69) is 5.92 Å². The number of amides is 1. The van der Waals surface area contributed by atoms with E-state index in [0.717, 1.165) is 0 Å². The summed E-state index contributed by atoms with van der Waals surface area (Å²) in [5.41, 5.74) is 1.65. The number of carbonyl (C=O) groups is 1. The predicted molar refractivity (Wildman–Crippen MR) is 108 cm³/mol. The molecule has 0 N–H and O–H groups in total. The Labute approximate surface area is 165 Å². The molecule has 0 bridgehead atoms. The molecule has 1 fully saturated rings. The SMILES string of the molecule is C#Cc1cccc(N(CC)C(=O)c2cccc(S(=O)(=O)N3CCOCC3)c2)c1. The van der Waals surface area contributed by atoms with Crippen molar-refractivity contribution in [2.24, 2.45) is 0 Å². The van der Waals surface area contributed by atoms with Gasteiger partial charge >= 0.3 is 0 Å². The number of nitrogens with zero attached hydrogens (tertiary/aromatic N) is 2. The molecule has 1 amide bonds. The minimum atomic E-state index is -3.67. The molecule has 0 atom stereocenters. The second-order valence-electron chi connectivity index (χ2n) is 6.29. The normalized spacial score (nSPS) is 15.0. The largest absolute Gasteiger partial charge is 0.379 e. The first-order chi connectivity index (χ1) is 13.5. The lowest BCUT2D eigenvalue weighted by Gasteiger charge is -2.26. The average molecular weight is 398 g/mol. The third kappa shape index (κ3) is 4.09. The zero-order chi connectivity index (χ0) is 20.1. The van der Waals surface area contributed by atoms with Gasteiger partial charge in [0.05, 0.1) is 18.1 Å². The second kappa shape index (κ2) is 8.57. The molecule has 0 spiro atoms. The minimum absolute atomic E-state index is 0.105. The molecule has 28 heavy (non-hydrogen) atoms. The maximum atomic E-state index is 13.1. The molecule has 1 aliphatic rings. The standard InChI is InChI=1S/C21H22N2O4S/c1-3-17-7-5-9-19(15-17)23(4-2)21(24)18-8-6-10-20(16-18)28(25,26)22-11-13-27-14-12-22/h1,5-10,15-16H,4,11-14H2,2H3. The Morgan fingerprint density at radius 2 is 1.89 bits per heavy atom. The summed E-state index contributed by atoms with van der Waals surface area (Å²) >= 11 is 0. The van der Waals surface area contributed by atoms with Crippen molar-refractivity contribution in [3.05, 3.63) is 59.7 Å². The Morgan fingerprint density at radius 1 is 1.18 bits per heavy atom. The molecule has 1 aliphatic heterocycles. The minimum Gasteiger partial charge on any atom is -0.379 e. The first kappa shape index (κ1) is 20.1. The van der Waals surface area contributed by atoms with Crippen molar-refractivity contribution in [3.63, 3.8) is 0 Å². The van der Waals surface area contributed by atoms with E-state index in [1.54, 1.807) is 41.3 Å². The van der Waals surface area contributed by atoms with E-state index in [1.165, 1.54) is 16.4 Å². The van der Waals surface area contributed by atoms with Crippen molar-refractivity contribution < 1.29 is 17.9 Å². The number of hydrogen-bond donors (Lipinski definition) is 0. The number of rotatable bonds is 5. The summed E-state index contributed by atoms with van der Waals surface area (Å²) in [6.45, 7) is 3.63. The molecule has 0 aliphatic carbocycles. The van der Waals surface area contributed by atoms with Gasteiger partial charge in [0.15, 0.2) is 0 Å². The van der Waals surface area contributed by atoms with Gasteiger partial charge in [-0.1, -0.05) is 18.1 Å². The zero-order valence-corrected chi connectivity index (χ0v) is 16.5. The highest BCUT2D eigenvalue weighted by Gasteiger charge is 2.27. The molecule has 0 unspecified atom stereocenters. The highest BCUT2D eigenvalue weighted by molar-refractivity contribution is 7.89. The molecule has 1 heterocycles. The van der Waals surface area contributed by atoms with Gasteiger partial charge in [0.2, 0.25) is 10.0 Å². The number of anilines is 1. The van der Waals surface area contributed by atoms with Crippen LogP contribution in [0.2, 0.25) is 0 Å². The van der Waals surface area contributed by atoms with Crippen molar-refractivity contribution in [2.75, 3.05) is 37.7 Å². The van der Waals surface area contributed by atoms with Gasteiger partial charge < -0.3 is 9.64 Å². The van der Waals surface area contributed by atoms with E-state index >= 15 is 0 Å². The van der Waals surface area contributed by atoms with Crippen LogP contribution >= 0.6 is 0 Å². The van der Waals surface area contributed by atoms with Crippen LogP contribution in [-0.4, -0.2) is 51.5 Å². The van der Waals surface area contributed by atoms with E-state index in [4.69, 9.17) is 11.2 Å². The van der Waals surface area contributed by atoms with Crippen molar-refractivity contribution >= 4 is 21.6 Å². The Balaban J connectivity index is 1.92. The molecule has 2 aromatic carbocycles. The van der Waals surface area contributed by atoms with Crippen LogP contribution in [0.4, 0.5) is 5.69 Å². The number of sulfonamides is 1. The number of carbonyl (C=O) groups excluding carboxylic acids is 1. The predicted octanol–water partition coefficient (Wildman–Crippen LogP) is 2.36. The van der Waals surface area contributed by atoms with Crippen LogP contribution in [0.1, 0.15) is 22.8 Å². The molecule has 0 aromatic heterocycles. The van der Waals surface area contributed by atoms with Gasteiger partial charge in [-0.05, 0) is 43.3 Å². The lowest BCUT2D eigenvalue weighted by molar-refractivity contribution is 0.0730. The molecule has 6 nitrogen and oxygen atoms in total. The summed E-state index contributed by atoms with van der Waals surface area (Å²) in [5.74, 6) is 2.28. The number of benzene rings is 2. The molecule has 2 aromatic rings. The van der Waals surface area contributed by atoms with Crippen molar-refractivity contribution in [3.8, 4) is 12.3 Å². The number of hydrogen-bond acceptors (Lipinski definition) is 4. The molecular weight excluding hydrogens is 376 g/mol. The van der Waals surface area contributed by atoms with Gasteiger partial charge in [-0.25, -0.2) is 8.42 Å². The van der Waals surface area contributed by atoms with Gasteiger partial charge in [0.1, 0.15) is 0 Å². The van der Waals surface area contributed by atoms with Crippen LogP contribution < -0.4 is 4.90 Å². The summed E-state index contributed by atoms with van der Waals surface area (Å²) in [6.07, 6.45) is 5.45.